The first-order valence-electron chi connectivity index (χ1n) is 10.8. The first-order chi connectivity index (χ1) is 17.0. The number of hydrogen-bond acceptors (Lipinski definition) is 7. The largest absolute Gasteiger partial charge is 0.573 e. The monoisotopic (exact) mass is 519 g/mol. The van der Waals surface area contributed by atoms with Gasteiger partial charge in [-0.1, -0.05) is 24.2 Å². The highest BCUT2D eigenvalue weighted by molar-refractivity contribution is 7.91. The number of sulfone groups is 1. The number of hydrogen-bond donors (Lipinski definition) is 0. The zero-order valence-corrected chi connectivity index (χ0v) is 19.7. The van der Waals surface area contributed by atoms with Crippen LogP contribution in [0.5, 0.6) is 5.75 Å². The lowest BCUT2D eigenvalue weighted by Gasteiger charge is -2.09. The van der Waals surface area contributed by atoms with E-state index in [4.69, 9.17) is 4.52 Å². The van der Waals surface area contributed by atoms with Gasteiger partial charge in [-0.15, -0.1) is 13.2 Å². The van der Waals surface area contributed by atoms with Crippen molar-refractivity contribution in [2.24, 2.45) is 0 Å². The minimum Gasteiger partial charge on any atom is -0.406 e. The summed E-state index contributed by atoms with van der Waals surface area (Å²) in [5, 5.41) is 3.86. The van der Waals surface area contributed by atoms with E-state index >= 15 is 0 Å². The van der Waals surface area contributed by atoms with Gasteiger partial charge in [0.25, 0.3) is 11.4 Å². The molecule has 0 saturated heterocycles. The molecule has 2 aromatic heterocycles. The smallest absolute Gasteiger partial charge is 0.406 e. The van der Waals surface area contributed by atoms with E-state index in [0.29, 0.717) is 23.1 Å². The van der Waals surface area contributed by atoms with Gasteiger partial charge >= 0.3 is 6.36 Å². The van der Waals surface area contributed by atoms with Crippen LogP contribution in [0.25, 0.3) is 22.8 Å². The molecule has 36 heavy (non-hydrogen) atoms. The highest BCUT2D eigenvalue weighted by Gasteiger charge is 2.31. The molecule has 0 N–H and O–H groups in total. The van der Waals surface area contributed by atoms with Crippen molar-refractivity contribution in [2.75, 3.05) is 5.75 Å². The molecule has 188 valence electrons. The molecule has 0 aliphatic rings. The zero-order valence-electron chi connectivity index (χ0n) is 18.9. The van der Waals surface area contributed by atoms with E-state index in [-0.39, 0.29) is 40.2 Å². The quantitative estimate of drug-likeness (QED) is 0.332. The number of rotatable bonds is 8. The lowest BCUT2D eigenvalue weighted by molar-refractivity contribution is -0.274. The van der Waals surface area contributed by atoms with E-state index < -0.39 is 16.2 Å². The number of alkyl halides is 3. The second-order valence-electron chi connectivity index (χ2n) is 7.85. The summed E-state index contributed by atoms with van der Waals surface area (Å²) in [6.07, 6.45) is -2.80. The molecule has 12 heteroatoms. The minimum atomic E-state index is -4.80. The lowest BCUT2D eigenvalue weighted by atomic mass is 10.2. The summed E-state index contributed by atoms with van der Waals surface area (Å²) >= 11 is 0. The maximum absolute atomic E-state index is 12.4. The summed E-state index contributed by atoms with van der Waals surface area (Å²) in [6, 6.07) is 14.2. The third kappa shape index (κ3) is 6.00. The molecule has 0 atom stereocenters. The normalized spacial score (nSPS) is 12.0. The van der Waals surface area contributed by atoms with Crippen molar-refractivity contribution >= 4 is 9.84 Å². The van der Waals surface area contributed by atoms with Gasteiger partial charge in [0.15, 0.2) is 9.84 Å². The van der Waals surface area contributed by atoms with Gasteiger partial charge in [-0.05, 0) is 54.4 Å². The van der Waals surface area contributed by atoms with Crippen LogP contribution in [0.1, 0.15) is 18.9 Å². The number of halogens is 3. The van der Waals surface area contributed by atoms with Crippen LogP contribution in [0.3, 0.4) is 0 Å². The summed E-state index contributed by atoms with van der Waals surface area (Å²) in [7, 11) is -3.41. The number of pyridine rings is 1. The Hall–Kier alpha value is -3.93. The van der Waals surface area contributed by atoms with Crippen molar-refractivity contribution in [2.45, 2.75) is 31.1 Å². The van der Waals surface area contributed by atoms with Crippen molar-refractivity contribution in [1.29, 1.82) is 0 Å². The molecule has 4 rings (SSSR count). The van der Waals surface area contributed by atoms with Crippen LogP contribution < -0.4 is 10.3 Å². The van der Waals surface area contributed by atoms with Gasteiger partial charge in [-0.3, -0.25) is 4.79 Å². The number of ether oxygens (including phenoxy) is 1. The summed E-state index contributed by atoms with van der Waals surface area (Å²) in [6.45, 7) is 1.90. The molecule has 8 nitrogen and oxygen atoms in total. The predicted octanol–water partition coefficient (Wildman–Crippen LogP) is 4.70. The van der Waals surface area contributed by atoms with Gasteiger partial charge in [0, 0.05) is 17.8 Å². The lowest BCUT2D eigenvalue weighted by Crippen LogP contribution is -2.19. The summed E-state index contributed by atoms with van der Waals surface area (Å²) in [4.78, 5) is 16.9. The summed E-state index contributed by atoms with van der Waals surface area (Å²) < 4.78 is 72.3. The molecule has 0 unspecified atom stereocenters. The first kappa shape index (κ1) is 25.2. The van der Waals surface area contributed by atoms with E-state index in [1.54, 1.807) is 25.1 Å². The third-order valence-electron chi connectivity index (χ3n) is 5.09. The summed E-state index contributed by atoms with van der Waals surface area (Å²) in [5.41, 5.74) is 1.14. The molecule has 0 spiro atoms. The molecule has 2 aromatic carbocycles. The molecular formula is C24H20F3N3O5S. The molecule has 0 bridgehead atoms. The van der Waals surface area contributed by atoms with Gasteiger partial charge in [-0.25, -0.2) is 8.42 Å². The van der Waals surface area contributed by atoms with E-state index in [9.17, 15) is 26.4 Å². The van der Waals surface area contributed by atoms with Gasteiger partial charge < -0.3 is 13.8 Å². The van der Waals surface area contributed by atoms with Crippen molar-refractivity contribution in [3.05, 3.63) is 82.8 Å². The fraction of sp³-hybridized carbons (Fsp3) is 0.208. The first-order valence-corrected chi connectivity index (χ1v) is 12.4. The highest BCUT2D eigenvalue weighted by atomic mass is 32.2. The van der Waals surface area contributed by atoms with Crippen LogP contribution in [0.15, 0.2) is 81.1 Å². The van der Waals surface area contributed by atoms with Crippen molar-refractivity contribution in [1.82, 2.24) is 14.7 Å². The molecule has 0 amide bonds. The Labute approximate surface area is 203 Å². The molecule has 0 saturated carbocycles. The Morgan fingerprint density at radius 2 is 1.75 bits per heavy atom. The van der Waals surface area contributed by atoms with Gasteiger partial charge in [0.05, 0.1) is 22.8 Å². The maximum atomic E-state index is 12.4. The van der Waals surface area contributed by atoms with Crippen LogP contribution in [0.2, 0.25) is 0 Å². The average molecular weight is 520 g/mol. The molecule has 2 heterocycles. The number of aromatic nitrogens is 3. The highest BCUT2D eigenvalue weighted by Crippen LogP contribution is 2.27. The molecule has 0 radical (unpaired) electrons. The Kier molecular flexibility index (Phi) is 6.97. The molecular weight excluding hydrogens is 499 g/mol. The van der Waals surface area contributed by atoms with E-state index in [1.165, 1.54) is 41.1 Å². The fourth-order valence-electron chi connectivity index (χ4n) is 3.47. The van der Waals surface area contributed by atoms with Crippen LogP contribution in [0.4, 0.5) is 13.2 Å². The van der Waals surface area contributed by atoms with Gasteiger partial charge in [0.2, 0.25) is 5.82 Å². The maximum Gasteiger partial charge on any atom is 0.573 e. The fourth-order valence-corrected chi connectivity index (χ4v) is 4.86. The second kappa shape index (κ2) is 9.97. The van der Waals surface area contributed by atoms with Crippen molar-refractivity contribution < 1.29 is 30.8 Å². The zero-order chi connectivity index (χ0) is 25.9. The van der Waals surface area contributed by atoms with Crippen molar-refractivity contribution in [3.8, 4) is 28.6 Å². The Morgan fingerprint density at radius 3 is 2.44 bits per heavy atom. The van der Waals surface area contributed by atoms with Crippen LogP contribution in [-0.2, 0) is 16.4 Å². The van der Waals surface area contributed by atoms with Crippen molar-refractivity contribution in [3.63, 3.8) is 0 Å². The molecule has 0 aliphatic carbocycles. The standard InChI is InChI=1S/C24H20F3N3O5S/c1-2-12-36(32,33)20-5-3-4-16(13-20)14-30-15-18(8-11-21(30)31)23-28-22(29-35-23)17-6-9-19(10-7-17)34-24(25,26)27/h3-11,13,15H,2,12,14H2,1H3. The summed E-state index contributed by atoms with van der Waals surface area (Å²) in [5.74, 6) is -0.124. The second-order valence-corrected chi connectivity index (χ2v) is 9.95. The Morgan fingerprint density at radius 1 is 1.03 bits per heavy atom. The van der Waals surface area contributed by atoms with Gasteiger partial charge in [-0.2, -0.15) is 4.98 Å². The molecule has 0 fully saturated rings. The number of benzene rings is 2. The minimum absolute atomic E-state index is 0.0312. The topological polar surface area (TPSA) is 104 Å². The van der Waals surface area contributed by atoms with E-state index in [2.05, 4.69) is 14.9 Å². The van der Waals surface area contributed by atoms with Crippen LogP contribution in [0, 0.1) is 0 Å². The molecule has 0 aliphatic heterocycles. The SMILES string of the molecule is CCCS(=O)(=O)c1cccc(Cn2cc(-c3nc(-c4ccc(OC(F)(F)F)cc4)no3)ccc2=O)c1. The van der Waals surface area contributed by atoms with E-state index in [1.807, 2.05) is 0 Å². The average Bonchev–Trinajstić information content (AvgIpc) is 3.30. The van der Waals surface area contributed by atoms with Gasteiger partial charge in [0.1, 0.15) is 5.75 Å². The van der Waals surface area contributed by atoms with E-state index in [0.717, 1.165) is 12.1 Å². The number of nitrogens with zero attached hydrogens (tertiary/aromatic N) is 3. The predicted molar refractivity (Wildman–Crippen MR) is 124 cm³/mol. The Bertz CT molecular complexity index is 1530. The van der Waals surface area contributed by atoms with Crippen LogP contribution in [-0.4, -0.2) is 35.2 Å². The molecule has 4 aromatic rings. The Balaban J connectivity index is 1.56. The third-order valence-corrected chi connectivity index (χ3v) is 7.00. The van der Waals surface area contributed by atoms with Crippen LogP contribution >= 0.6 is 0 Å².